The Morgan fingerprint density at radius 2 is 1.92 bits per heavy atom. The number of aryl methyl sites for hydroxylation is 1. The zero-order chi connectivity index (χ0) is 18.9. The van der Waals surface area contributed by atoms with Gasteiger partial charge >= 0.3 is 0 Å². The van der Waals surface area contributed by atoms with Gasteiger partial charge in [-0.25, -0.2) is 8.42 Å². The van der Waals surface area contributed by atoms with Crippen LogP contribution in [0.2, 0.25) is 5.02 Å². The molecule has 1 fully saturated rings. The van der Waals surface area contributed by atoms with Gasteiger partial charge in [0, 0.05) is 36.9 Å². The average Bonchev–Trinajstić information content (AvgIpc) is 3.07. The minimum atomic E-state index is -3.77. The smallest absolute Gasteiger partial charge is 0.274 e. The van der Waals surface area contributed by atoms with Crippen LogP contribution in [-0.2, 0) is 10.0 Å². The van der Waals surface area contributed by atoms with Gasteiger partial charge < -0.3 is 9.64 Å². The Morgan fingerprint density at radius 3 is 2.50 bits per heavy atom. The van der Waals surface area contributed by atoms with Crippen molar-refractivity contribution in [3.8, 4) is 5.75 Å². The number of piperazine rings is 1. The first-order valence-electron chi connectivity index (χ1n) is 7.98. The molecule has 10 heteroatoms. The van der Waals surface area contributed by atoms with Crippen molar-refractivity contribution in [1.29, 1.82) is 0 Å². The van der Waals surface area contributed by atoms with Gasteiger partial charge in [-0.05, 0) is 31.2 Å². The second kappa shape index (κ2) is 7.26. The Morgan fingerprint density at radius 1 is 1.23 bits per heavy atom. The SMILES string of the molecule is COc1ccc(Cl)cc1S(=O)(=O)N1CCN(C(=O)c2cc(C)[nH]n2)CC1. The first kappa shape index (κ1) is 18.7. The molecule has 26 heavy (non-hydrogen) atoms. The number of hydrogen-bond donors (Lipinski definition) is 1. The third kappa shape index (κ3) is 3.55. The number of carbonyl (C=O) groups is 1. The van der Waals surface area contributed by atoms with E-state index in [1.54, 1.807) is 17.0 Å². The Labute approximate surface area is 156 Å². The van der Waals surface area contributed by atoms with Gasteiger partial charge in [-0.2, -0.15) is 9.40 Å². The number of ether oxygens (including phenoxy) is 1. The van der Waals surface area contributed by atoms with Crippen molar-refractivity contribution in [2.24, 2.45) is 0 Å². The average molecular weight is 399 g/mol. The van der Waals surface area contributed by atoms with E-state index in [1.165, 1.54) is 23.5 Å². The van der Waals surface area contributed by atoms with Crippen LogP contribution in [0, 0.1) is 6.92 Å². The standard InChI is InChI=1S/C16H19ClN4O4S/c1-11-9-13(19-18-11)16(22)20-5-7-21(8-6-20)26(23,24)15-10-12(17)3-4-14(15)25-2/h3-4,9-10H,5-8H2,1-2H3,(H,18,19). The number of rotatable bonds is 4. The van der Waals surface area contributed by atoms with Gasteiger partial charge in [0.1, 0.15) is 16.3 Å². The van der Waals surface area contributed by atoms with E-state index < -0.39 is 10.0 Å². The molecular weight excluding hydrogens is 380 g/mol. The Bertz CT molecular complexity index is 920. The van der Waals surface area contributed by atoms with E-state index in [9.17, 15) is 13.2 Å². The second-order valence-electron chi connectivity index (χ2n) is 5.93. The number of sulfonamides is 1. The first-order chi connectivity index (χ1) is 12.3. The number of halogens is 1. The van der Waals surface area contributed by atoms with Crippen LogP contribution in [-0.4, -0.2) is 67.0 Å². The molecule has 1 aromatic carbocycles. The molecule has 1 saturated heterocycles. The summed E-state index contributed by atoms with van der Waals surface area (Å²) >= 11 is 5.95. The molecule has 1 aliphatic rings. The minimum Gasteiger partial charge on any atom is -0.495 e. The molecule has 0 unspecified atom stereocenters. The van der Waals surface area contributed by atoms with Gasteiger partial charge in [0.05, 0.1) is 7.11 Å². The van der Waals surface area contributed by atoms with Crippen LogP contribution in [0.15, 0.2) is 29.2 Å². The molecule has 0 spiro atoms. The number of amides is 1. The number of aromatic nitrogens is 2. The van der Waals surface area contributed by atoms with Gasteiger partial charge in [-0.1, -0.05) is 11.6 Å². The highest BCUT2D eigenvalue weighted by molar-refractivity contribution is 7.89. The lowest BCUT2D eigenvalue weighted by Gasteiger charge is -2.33. The first-order valence-corrected chi connectivity index (χ1v) is 9.79. The molecule has 1 N–H and O–H groups in total. The number of methoxy groups -OCH3 is 1. The summed E-state index contributed by atoms with van der Waals surface area (Å²) in [5.41, 5.74) is 1.12. The molecule has 1 aromatic heterocycles. The van der Waals surface area contributed by atoms with E-state index in [0.29, 0.717) is 10.7 Å². The van der Waals surface area contributed by atoms with Crippen molar-refractivity contribution in [2.75, 3.05) is 33.3 Å². The largest absolute Gasteiger partial charge is 0.495 e. The Balaban J connectivity index is 1.75. The highest BCUT2D eigenvalue weighted by Crippen LogP contribution is 2.30. The molecule has 2 heterocycles. The molecule has 0 aliphatic carbocycles. The molecule has 8 nitrogen and oxygen atoms in total. The molecule has 2 aromatic rings. The van der Waals surface area contributed by atoms with Crippen molar-refractivity contribution in [2.45, 2.75) is 11.8 Å². The number of benzene rings is 1. The summed E-state index contributed by atoms with van der Waals surface area (Å²) in [4.78, 5) is 14.0. The predicted molar refractivity (Wildman–Crippen MR) is 96.0 cm³/mol. The number of aromatic amines is 1. The van der Waals surface area contributed by atoms with Crippen LogP contribution in [0.3, 0.4) is 0 Å². The fraction of sp³-hybridized carbons (Fsp3) is 0.375. The maximum atomic E-state index is 12.9. The van der Waals surface area contributed by atoms with Gasteiger partial charge in [0.25, 0.3) is 5.91 Å². The Kier molecular flexibility index (Phi) is 5.22. The van der Waals surface area contributed by atoms with Crippen molar-refractivity contribution in [3.63, 3.8) is 0 Å². The van der Waals surface area contributed by atoms with Crippen molar-refractivity contribution in [1.82, 2.24) is 19.4 Å². The van der Waals surface area contributed by atoms with E-state index >= 15 is 0 Å². The summed E-state index contributed by atoms with van der Waals surface area (Å²) in [6.07, 6.45) is 0. The maximum Gasteiger partial charge on any atom is 0.274 e. The number of nitrogens with one attached hydrogen (secondary N) is 1. The van der Waals surface area contributed by atoms with Crippen LogP contribution < -0.4 is 4.74 Å². The highest BCUT2D eigenvalue weighted by Gasteiger charge is 2.33. The number of carbonyl (C=O) groups excluding carboxylic acids is 1. The van der Waals surface area contributed by atoms with Gasteiger partial charge in [-0.15, -0.1) is 0 Å². The van der Waals surface area contributed by atoms with Crippen molar-refractivity contribution >= 4 is 27.5 Å². The van der Waals surface area contributed by atoms with Crippen LogP contribution in [0.4, 0.5) is 0 Å². The summed E-state index contributed by atoms with van der Waals surface area (Å²) in [6, 6.07) is 6.14. The zero-order valence-corrected chi connectivity index (χ0v) is 16.0. The van der Waals surface area contributed by atoms with E-state index in [1.807, 2.05) is 6.92 Å². The summed E-state index contributed by atoms with van der Waals surface area (Å²) < 4.78 is 32.4. The molecule has 0 radical (unpaired) electrons. The topological polar surface area (TPSA) is 95.6 Å². The minimum absolute atomic E-state index is 0.0233. The fourth-order valence-corrected chi connectivity index (χ4v) is 4.65. The summed E-state index contributed by atoms with van der Waals surface area (Å²) in [5.74, 6) is 0.0200. The Hall–Kier alpha value is -2.10. The van der Waals surface area contributed by atoms with Crippen LogP contribution in [0.1, 0.15) is 16.2 Å². The molecule has 3 rings (SSSR count). The molecule has 140 valence electrons. The lowest BCUT2D eigenvalue weighted by atomic mass is 10.3. The fourth-order valence-electron chi connectivity index (χ4n) is 2.81. The van der Waals surface area contributed by atoms with Crippen molar-refractivity contribution < 1.29 is 17.9 Å². The second-order valence-corrected chi connectivity index (χ2v) is 8.27. The van der Waals surface area contributed by atoms with E-state index in [-0.39, 0.29) is 42.7 Å². The lowest BCUT2D eigenvalue weighted by molar-refractivity contribution is 0.0692. The highest BCUT2D eigenvalue weighted by atomic mass is 35.5. The summed E-state index contributed by atoms with van der Waals surface area (Å²) in [5, 5.41) is 7.00. The maximum absolute atomic E-state index is 12.9. The molecular formula is C16H19ClN4O4S. The van der Waals surface area contributed by atoms with Gasteiger partial charge in [0.2, 0.25) is 10.0 Å². The molecule has 0 bridgehead atoms. The number of hydrogen-bond acceptors (Lipinski definition) is 5. The van der Waals surface area contributed by atoms with Gasteiger partial charge in [-0.3, -0.25) is 9.89 Å². The van der Waals surface area contributed by atoms with E-state index in [4.69, 9.17) is 16.3 Å². The molecule has 1 aliphatic heterocycles. The lowest BCUT2D eigenvalue weighted by Crippen LogP contribution is -2.50. The van der Waals surface area contributed by atoms with Gasteiger partial charge in [0.15, 0.2) is 0 Å². The summed E-state index contributed by atoms with van der Waals surface area (Å²) in [6.45, 7) is 2.76. The third-order valence-electron chi connectivity index (χ3n) is 4.19. The number of H-pyrrole nitrogens is 1. The normalized spacial score (nSPS) is 15.9. The zero-order valence-electron chi connectivity index (χ0n) is 14.4. The summed E-state index contributed by atoms with van der Waals surface area (Å²) in [7, 11) is -2.37. The van der Waals surface area contributed by atoms with Crippen molar-refractivity contribution in [3.05, 3.63) is 40.7 Å². The quantitative estimate of drug-likeness (QED) is 0.842. The predicted octanol–water partition coefficient (Wildman–Crippen LogP) is 1.53. The third-order valence-corrected chi connectivity index (χ3v) is 6.35. The van der Waals surface area contributed by atoms with E-state index in [2.05, 4.69) is 10.2 Å². The monoisotopic (exact) mass is 398 g/mol. The molecule has 0 atom stereocenters. The molecule has 1 amide bonds. The van der Waals surface area contributed by atoms with Crippen LogP contribution >= 0.6 is 11.6 Å². The molecule has 0 saturated carbocycles. The van der Waals surface area contributed by atoms with E-state index in [0.717, 1.165) is 5.69 Å². The van der Waals surface area contributed by atoms with Crippen LogP contribution in [0.5, 0.6) is 5.75 Å². The van der Waals surface area contributed by atoms with Crippen LogP contribution in [0.25, 0.3) is 0 Å². The number of nitrogens with zero attached hydrogens (tertiary/aromatic N) is 3.